The van der Waals surface area contributed by atoms with Crippen LogP contribution in [0.2, 0.25) is 0 Å². The molecule has 1 aromatic heterocycles. The fraction of sp³-hybridized carbons (Fsp3) is 0.286. The Morgan fingerprint density at radius 2 is 1.66 bits per heavy atom. The van der Waals surface area contributed by atoms with Gasteiger partial charge in [-0.25, -0.2) is 4.39 Å². The second-order valence-electron chi connectivity index (χ2n) is 7.16. The number of hydrogen-bond donors (Lipinski definition) is 1. The van der Waals surface area contributed by atoms with Crippen molar-refractivity contribution in [1.82, 2.24) is 15.1 Å². The summed E-state index contributed by atoms with van der Waals surface area (Å²) >= 11 is 0. The number of likely N-dealkylation sites (N-methyl/N-ethyl adjacent to an activating group) is 1. The zero-order valence-corrected chi connectivity index (χ0v) is 15.8. The van der Waals surface area contributed by atoms with Crippen molar-refractivity contribution in [3.05, 3.63) is 59.9 Å². The van der Waals surface area contributed by atoms with E-state index in [1.54, 1.807) is 0 Å². The molecule has 0 saturated carbocycles. The standard InChI is InChI=1S/C21H20F4N4/c1-28-9-11-29(12-10-28)15-7-5-14(6-8-15)18-13-19(27-26-18)20-16(21(23,24)25)3-2-4-17(20)22/h2-8,13H,9-12H2,1H3,(H,26,27). The number of nitrogens with zero attached hydrogens (tertiary/aromatic N) is 3. The number of rotatable bonds is 3. The summed E-state index contributed by atoms with van der Waals surface area (Å²) in [6.07, 6.45) is -4.66. The number of nitrogens with one attached hydrogen (secondary N) is 1. The quantitative estimate of drug-likeness (QED) is 0.646. The van der Waals surface area contributed by atoms with Crippen LogP contribution in [0.15, 0.2) is 48.5 Å². The number of halogens is 4. The van der Waals surface area contributed by atoms with Crippen molar-refractivity contribution >= 4 is 5.69 Å². The first-order chi connectivity index (χ1) is 13.8. The van der Waals surface area contributed by atoms with Gasteiger partial charge < -0.3 is 9.80 Å². The van der Waals surface area contributed by atoms with Crippen LogP contribution in [0.5, 0.6) is 0 Å². The van der Waals surface area contributed by atoms with Crippen molar-refractivity contribution in [3.63, 3.8) is 0 Å². The molecule has 4 nitrogen and oxygen atoms in total. The Bertz CT molecular complexity index is 987. The van der Waals surface area contributed by atoms with E-state index in [2.05, 4.69) is 27.0 Å². The molecule has 0 amide bonds. The lowest BCUT2D eigenvalue weighted by Gasteiger charge is -2.34. The Kier molecular flexibility index (Phi) is 5.04. The molecule has 1 aliphatic heterocycles. The van der Waals surface area contributed by atoms with Gasteiger partial charge in [0.05, 0.1) is 17.0 Å². The van der Waals surface area contributed by atoms with E-state index in [4.69, 9.17) is 0 Å². The van der Waals surface area contributed by atoms with Gasteiger partial charge in [0.25, 0.3) is 0 Å². The van der Waals surface area contributed by atoms with E-state index in [9.17, 15) is 17.6 Å². The first kappa shape index (κ1) is 19.4. The second-order valence-corrected chi connectivity index (χ2v) is 7.16. The van der Waals surface area contributed by atoms with Gasteiger partial charge in [-0.2, -0.15) is 18.3 Å². The molecule has 0 spiro atoms. The van der Waals surface area contributed by atoms with Crippen molar-refractivity contribution in [3.8, 4) is 22.5 Å². The third-order valence-electron chi connectivity index (χ3n) is 5.20. The van der Waals surface area contributed by atoms with Gasteiger partial charge in [0.1, 0.15) is 5.82 Å². The van der Waals surface area contributed by atoms with Gasteiger partial charge >= 0.3 is 6.18 Å². The monoisotopic (exact) mass is 404 g/mol. The van der Waals surface area contributed by atoms with E-state index in [0.717, 1.165) is 55.6 Å². The van der Waals surface area contributed by atoms with E-state index in [1.807, 2.05) is 24.3 Å². The minimum absolute atomic E-state index is 0.00595. The Morgan fingerprint density at radius 3 is 2.31 bits per heavy atom. The molecule has 0 aliphatic carbocycles. The maximum Gasteiger partial charge on any atom is 0.417 e. The van der Waals surface area contributed by atoms with Gasteiger partial charge in [-0.3, -0.25) is 5.10 Å². The molecule has 8 heteroatoms. The van der Waals surface area contributed by atoms with Gasteiger partial charge in [0.2, 0.25) is 0 Å². The number of anilines is 1. The third kappa shape index (κ3) is 3.98. The number of benzene rings is 2. The molecule has 0 radical (unpaired) electrons. The highest BCUT2D eigenvalue weighted by Gasteiger charge is 2.35. The van der Waals surface area contributed by atoms with Crippen molar-refractivity contribution < 1.29 is 17.6 Å². The number of alkyl halides is 3. The molecule has 2 aromatic carbocycles. The maximum atomic E-state index is 14.2. The van der Waals surface area contributed by atoms with Crippen LogP contribution in [-0.4, -0.2) is 48.3 Å². The Hall–Kier alpha value is -2.87. The molecular formula is C21H20F4N4. The smallest absolute Gasteiger partial charge is 0.369 e. The lowest BCUT2D eigenvalue weighted by Crippen LogP contribution is -2.44. The zero-order chi connectivity index (χ0) is 20.6. The number of H-pyrrole nitrogens is 1. The fourth-order valence-corrected chi connectivity index (χ4v) is 3.54. The van der Waals surface area contributed by atoms with Crippen molar-refractivity contribution in [2.24, 2.45) is 0 Å². The van der Waals surface area contributed by atoms with E-state index < -0.39 is 23.1 Å². The average Bonchev–Trinajstić information content (AvgIpc) is 3.17. The predicted molar refractivity (Wildman–Crippen MR) is 104 cm³/mol. The molecule has 3 aromatic rings. The lowest BCUT2D eigenvalue weighted by molar-refractivity contribution is -0.137. The van der Waals surface area contributed by atoms with Crippen LogP contribution in [0, 0.1) is 5.82 Å². The molecule has 152 valence electrons. The van der Waals surface area contributed by atoms with E-state index in [1.165, 1.54) is 6.07 Å². The highest BCUT2D eigenvalue weighted by atomic mass is 19.4. The fourth-order valence-electron chi connectivity index (χ4n) is 3.54. The third-order valence-corrected chi connectivity index (χ3v) is 5.20. The summed E-state index contributed by atoms with van der Waals surface area (Å²) in [6, 6.07) is 12.1. The van der Waals surface area contributed by atoms with Crippen LogP contribution in [-0.2, 0) is 6.18 Å². The van der Waals surface area contributed by atoms with E-state index in [-0.39, 0.29) is 5.69 Å². The minimum Gasteiger partial charge on any atom is -0.369 e. The summed E-state index contributed by atoms with van der Waals surface area (Å²) in [5.41, 5.74) is 0.738. The summed E-state index contributed by atoms with van der Waals surface area (Å²) in [6.45, 7) is 3.87. The molecule has 0 bridgehead atoms. The van der Waals surface area contributed by atoms with Gasteiger partial charge in [0.15, 0.2) is 0 Å². The van der Waals surface area contributed by atoms with Crippen molar-refractivity contribution in [2.75, 3.05) is 38.1 Å². The van der Waals surface area contributed by atoms with E-state index >= 15 is 0 Å². The minimum atomic E-state index is -4.66. The maximum absolute atomic E-state index is 14.2. The summed E-state index contributed by atoms with van der Waals surface area (Å²) in [5.74, 6) is -0.944. The zero-order valence-electron chi connectivity index (χ0n) is 15.8. The van der Waals surface area contributed by atoms with Gasteiger partial charge in [-0.1, -0.05) is 18.2 Å². The average molecular weight is 404 g/mol. The highest BCUT2D eigenvalue weighted by Crippen LogP contribution is 2.38. The van der Waals surface area contributed by atoms with Crippen molar-refractivity contribution in [1.29, 1.82) is 0 Å². The lowest BCUT2D eigenvalue weighted by atomic mass is 10.0. The molecule has 1 N–H and O–H groups in total. The number of aromatic nitrogens is 2. The van der Waals surface area contributed by atoms with Gasteiger partial charge in [-0.05, 0) is 37.4 Å². The Labute approximate surface area is 165 Å². The molecule has 1 fully saturated rings. The molecule has 4 rings (SSSR count). The van der Waals surface area contributed by atoms with E-state index in [0.29, 0.717) is 5.69 Å². The summed E-state index contributed by atoms with van der Waals surface area (Å²) in [5, 5.41) is 6.65. The first-order valence-electron chi connectivity index (χ1n) is 9.28. The first-order valence-corrected chi connectivity index (χ1v) is 9.28. The number of piperazine rings is 1. The van der Waals surface area contributed by atoms with Gasteiger partial charge in [0, 0.05) is 43.0 Å². The SMILES string of the molecule is CN1CCN(c2ccc(-c3cc(-c4c(F)cccc4C(F)(F)F)[nH]n3)cc2)CC1. The highest BCUT2D eigenvalue weighted by molar-refractivity contribution is 5.72. The topological polar surface area (TPSA) is 35.2 Å². The molecular weight excluding hydrogens is 384 g/mol. The van der Waals surface area contributed by atoms with Crippen LogP contribution >= 0.6 is 0 Å². The Balaban J connectivity index is 1.61. The van der Waals surface area contributed by atoms with Crippen LogP contribution in [0.3, 0.4) is 0 Å². The molecule has 0 unspecified atom stereocenters. The van der Waals surface area contributed by atoms with Gasteiger partial charge in [-0.15, -0.1) is 0 Å². The van der Waals surface area contributed by atoms with Crippen molar-refractivity contribution in [2.45, 2.75) is 6.18 Å². The summed E-state index contributed by atoms with van der Waals surface area (Å²) in [4.78, 5) is 4.56. The molecule has 0 atom stereocenters. The second kappa shape index (κ2) is 7.51. The normalized spacial score (nSPS) is 15.7. The summed E-state index contributed by atoms with van der Waals surface area (Å²) in [7, 11) is 2.09. The largest absolute Gasteiger partial charge is 0.417 e. The number of aromatic amines is 1. The number of hydrogen-bond acceptors (Lipinski definition) is 3. The predicted octanol–water partition coefficient (Wildman–Crippen LogP) is 4.65. The molecule has 1 aliphatic rings. The van der Waals surface area contributed by atoms with Crippen LogP contribution in [0.25, 0.3) is 22.5 Å². The van der Waals surface area contributed by atoms with Crippen LogP contribution in [0.4, 0.5) is 23.2 Å². The Morgan fingerprint density at radius 1 is 0.966 bits per heavy atom. The summed E-state index contributed by atoms with van der Waals surface area (Å²) < 4.78 is 54.0. The molecule has 2 heterocycles. The van der Waals surface area contributed by atoms with Crippen LogP contribution in [0.1, 0.15) is 5.56 Å². The molecule has 29 heavy (non-hydrogen) atoms. The molecule has 1 saturated heterocycles. The van der Waals surface area contributed by atoms with Crippen LogP contribution < -0.4 is 4.90 Å².